The Kier molecular flexibility index (Phi) is 5.30. The van der Waals surface area contributed by atoms with Gasteiger partial charge in [0.2, 0.25) is 5.91 Å². The van der Waals surface area contributed by atoms with Crippen LogP contribution >= 0.6 is 0 Å². The number of benzene rings is 2. The molecule has 6 heteroatoms. The molecule has 1 fully saturated rings. The quantitative estimate of drug-likeness (QED) is 0.790. The first-order valence-corrected chi connectivity index (χ1v) is 8.47. The Morgan fingerprint density at radius 1 is 1.15 bits per heavy atom. The number of rotatable bonds is 7. The predicted octanol–water partition coefficient (Wildman–Crippen LogP) is 3.79. The van der Waals surface area contributed by atoms with E-state index in [0.29, 0.717) is 12.0 Å². The molecule has 2 aromatic rings. The second-order valence-electron chi connectivity index (χ2n) is 6.52. The lowest BCUT2D eigenvalue weighted by molar-refractivity contribution is -0.137. The molecule has 0 aliphatic heterocycles. The van der Waals surface area contributed by atoms with Crippen LogP contribution in [0.15, 0.2) is 48.5 Å². The zero-order valence-corrected chi connectivity index (χ0v) is 14.0. The summed E-state index contributed by atoms with van der Waals surface area (Å²) in [6.45, 7) is 0. The highest BCUT2D eigenvalue weighted by molar-refractivity contribution is 5.83. The molecule has 26 heavy (non-hydrogen) atoms. The Morgan fingerprint density at radius 3 is 2.54 bits per heavy atom. The highest BCUT2D eigenvalue weighted by Gasteiger charge is 2.45. The molecule has 3 rings (SSSR count). The van der Waals surface area contributed by atoms with E-state index < -0.39 is 23.6 Å². The molecule has 1 amide bonds. The van der Waals surface area contributed by atoms with Crippen LogP contribution in [-0.4, -0.2) is 17.0 Å². The normalized spacial score (nSPS) is 19.6. The molecular formula is C20H19F2NO3. The van der Waals surface area contributed by atoms with Crippen molar-refractivity contribution in [1.82, 2.24) is 5.32 Å². The molecule has 1 saturated carbocycles. The van der Waals surface area contributed by atoms with Crippen molar-refractivity contribution in [3.05, 3.63) is 71.3 Å². The highest BCUT2D eigenvalue weighted by Crippen LogP contribution is 2.48. The Morgan fingerprint density at radius 2 is 1.88 bits per heavy atom. The van der Waals surface area contributed by atoms with Crippen LogP contribution in [0.1, 0.15) is 42.3 Å². The fraction of sp³-hybridized carbons (Fsp3) is 0.300. The average Bonchev–Trinajstić information content (AvgIpc) is 3.39. The van der Waals surface area contributed by atoms with Gasteiger partial charge in [-0.25, -0.2) is 8.78 Å². The van der Waals surface area contributed by atoms with Crippen molar-refractivity contribution in [3.8, 4) is 0 Å². The molecule has 4 nitrogen and oxygen atoms in total. The summed E-state index contributed by atoms with van der Waals surface area (Å²) >= 11 is 0. The third kappa shape index (κ3) is 4.25. The van der Waals surface area contributed by atoms with Crippen molar-refractivity contribution >= 4 is 11.9 Å². The van der Waals surface area contributed by atoms with Gasteiger partial charge in [0.25, 0.3) is 0 Å². The standard InChI is InChI=1S/C20H19F2NO3/c21-13-6-7-14(17(22)10-13)15-11-16(15)20(26)23-18(8-9-19(24)25)12-4-2-1-3-5-12/h1-7,10,15-16,18H,8-9,11H2,(H,23,26)(H,24,25). The zero-order valence-electron chi connectivity index (χ0n) is 14.0. The van der Waals surface area contributed by atoms with Gasteiger partial charge >= 0.3 is 5.97 Å². The van der Waals surface area contributed by atoms with Crippen LogP contribution in [0.3, 0.4) is 0 Å². The second kappa shape index (κ2) is 7.64. The van der Waals surface area contributed by atoms with Gasteiger partial charge in [0, 0.05) is 18.4 Å². The molecule has 1 aliphatic carbocycles. The predicted molar refractivity (Wildman–Crippen MR) is 91.4 cm³/mol. The molecule has 2 N–H and O–H groups in total. The van der Waals surface area contributed by atoms with Crippen LogP contribution in [0.5, 0.6) is 0 Å². The van der Waals surface area contributed by atoms with Crippen LogP contribution in [-0.2, 0) is 9.59 Å². The summed E-state index contributed by atoms with van der Waals surface area (Å²) < 4.78 is 26.9. The molecule has 0 aromatic heterocycles. The number of carboxylic acid groups (broad SMARTS) is 1. The largest absolute Gasteiger partial charge is 0.481 e. The third-order valence-electron chi connectivity index (χ3n) is 4.65. The minimum Gasteiger partial charge on any atom is -0.481 e. The van der Waals surface area contributed by atoms with Crippen molar-refractivity contribution in [2.75, 3.05) is 0 Å². The van der Waals surface area contributed by atoms with Crippen LogP contribution < -0.4 is 5.32 Å². The van der Waals surface area contributed by atoms with E-state index in [0.717, 1.165) is 11.6 Å². The number of hydrogen-bond acceptors (Lipinski definition) is 2. The van der Waals surface area contributed by atoms with Gasteiger partial charge in [-0.2, -0.15) is 0 Å². The number of nitrogens with one attached hydrogen (secondary N) is 1. The molecule has 3 atom stereocenters. The lowest BCUT2D eigenvalue weighted by Crippen LogP contribution is -2.30. The second-order valence-corrected chi connectivity index (χ2v) is 6.52. The number of carboxylic acids is 1. The first-order valence-electron chi connectivity index (χ1n) is 8.47. The molecule has 3 unspecified atom stereocenters. The fourth-order valence-electron chi connectivity index (χ4n) is 3.18. The number of amides is 1. The van der Waals surface area contributed by atoms with E-state index in [1.807, 2.05) is 30.3 Å². The number of carbonyl (C=O) groups is 2. The molecule has 0 spiro atoms. The maximum atomic E-state index is 13.9. The Bertz CT molecular complexity index is 810. The summed E-state index contributed by atoms with van der Waals surface area (Å²) in [6.07, 6.45) is 0.697. The summed E-state index contributed by atoms with van der Waals surface area (Å²) in [6, 6.07) is 12.1. The van der Waals surface area contributed by atoms with Crippen molar-refractivity contribution in [3.63, 3.8) is 0 Å². The highest BCUT2D eigenvalue weighted by atomic mass is 19.1. The molecule has 2 aromatic carbocycles. The van der Waals surface area contributed by atoms with E-state index in [2.05, 4.69) is 5.32 Å². The van der Waals surface area contributed by atoms with Gasteiger partial charge in [0.05, 0.1) is 6.04 Å². The van der Waals surface area contributed by atoms with Crippen LogP contribution in [0.2, 0.25) is 0 Å². The first-order chi connectivity index (χ1) is 12.5. The summed E-state index contributed by atoms with van der Waals surface area (Å²) in [5, 5.41) is 11.8. The van der Waals surface area contributed by atoms with Gasteiger partial charge in [-0.15, -0.1) is 0 Å². The van der Waals surface area contributed by atoms with Crippen LogP contribution in [0, 0.1) is 17.6 Å². The summed E-state index contributed by atoms with van der Waals surface area (Å²) in [5.41, 5.74) is 1.17. The van der Waals surface area contributed by atoms with Gasteiger partial charge in [-0.1, -0.05) is 36.4 Å². The van der Waals surface area contributed by atoms with Crippen molar-refractivity contribution < 1.29 is 23.5 Å². The van der Waals surface area contributed by atoms with Crippen LogP contribution in [0.4, 0.5) is 8.78 Å². The molecule has 1 aliphatic rings. The smallest absolute Gasteiger partial charge is 0.303 e. The molecular weight excluding hydrogens is 340 g/mol. The number of halogens is 2. The maximum Gasteiger partial charge on any atom is 0.303 e. The first kappa shape index (κ1) is 18.0. The topological polar surface area (TPSA) is 66.4 Å². The van der Waals surface area contributed by atoms with E-state index in [4.69, 9.17) is 5.11 Å². The molecule has 136 valence electrons. The Balaban J connectivity index is 1.67. The third-order valence-corrected chi connectivity index (χ3v) is 4.65. The van der Waals surface area contributed by atoms with E-state index in [9.17, 15) is 18.4 Å². The molecule has 0 saturated heterocycles. The number of aliphatic carboxylic acids is 1. The van der Waals surface area contributed by atoms with E-state index in [1.54, 1.807) is 0 Å². The molecule has 0 bridgehead atoms. The minimum atomic E-state index is -0.933. The fourth-order valence-corrected chi connectivity index (χ4v) is 3.18. The van der Waals surface area contributed by atoms with Gasteiger partial charge in [0.15, 0.2) is 0 Å². The summed E-state index contributed by atoms with van der Waals surface area (Å²) in [7, 11) is 0. The average molecular weight is 359 g/mol. The van der Waals surface area contributed by atoms with E-state index in [-0.39, 0.29) is 30.6 Å². The minimum absolute atomic E-state index is 0.0689. The summed E-state index contributed by atoms with van der Waals surface area (Å²) in [4.78, 5) is 23.4. The van der Waals surface area contributed by atoms with Crippen molar-refractivity contribution in [2.24, 2.45) is 5.92 Å². The van der Waals surface area contributed by atoms with Gasteiger partial charge in [-0.3, -0.25) is 9.59 Å². The van der Waals surface area contributed by atoms with E-state index >= 15 is 0 Å². The van der Waals surface area contributed by atoms with Gasteiger partial charge < -0.3 is 10.4 Å². The van der Waals surface area contributed by atoms with Gasteiger partial charge in [0.1, 0.15) is 11.6 Å². The Labute approximate surface area is 149 Å². The number of hydrogen-bond donors (Lipinski definition) is 2. The maximum absolute atomic E-state index is 13.9. The zero-order chi connectivity index (χ0) is 18.7. The van der Waals surface area contributed by atoms with Gasteiger partial charge in [-0.05, 0) is 36.0 Å². The van der Waals surface area contributed by atoms with Crippen molar-refractivity contribution in [2.45, 2.75) is 31.2 Å². The van der Waals surface area contributed by atoms with Crippen molar-refractivity contribution in [1.29, 1.82) is 0 Å². The lowest BCUT2D eigenvalue weighted by atomic mass is 10.0. The van der Waals surface area contributed by atoms with Crippen LogP contribution in [0.25, 0.3) is 0 Å². The molecule has 0 radical (unpaired) electrons. The lowest BCUT2D eigenvalue weighted by Gasteiger charge is -2.18. The summed E-state index contributed by atoms with van der Waals surface area (Å²) in [5.74, 6) is -3.12. The Hall–Kier alpha value is -2.76. The SMILES string of the molecule is O=C(O)CCC(NC(=O)C1CC1c1ccc(F)cc1F)c1ccccc1. The monoisotopic (exact) mass is 359 g/mol. The molecule has 0 heterocycles. The van der Waals surface area contributed by atoms with E-state index in [1.165, 1.54) is 12.1 Å². The number of carbonyl (C=O) groups excluding carboxylic acids is 1.